The first kappa shape index (κ1) is 13.7. The van der Waals surface area contributed by atoms with Gasteiger partial charge in [-0.2, -0.15) is 0 Å². The molecule has 0 aromatic heterocycles. The highest BCUT2D eigenvalue weighted by Crippen LogP contribution is 2.24. The van der Waals surface area contributed by atoms with E-state index in [2.05, 4.69) is 10.6 Å². The third-order valence-corrected chi connectivity index (χ3v) is 4.09. The lowest BCUT2D eigenvalue weighted by Gasteiger charge is -2.07. The van der Waals surface area contributed by atoms with Crippen molar-refractivity contribution < 1.29 is 9.59 Å². The van der Waals surface area contributed by atoms with Gasteiger partial charge in [0.1, 0.15) is 0 Å². The molecule has 2 aromatic carbocycles. The van der Waals surface area contributed by atoms with Crippen LogP contribution in [0, 0.1) is 0 Å². The van der Waals surface area contributed by atoms with Gasteiger partial charge in [0.15, 0.2) is 0 Å². The Morgan fingerprint density at radius 3 is 2.67 bits per heavy atom. The topological polar surface area (TPSA) is 58.2 Å². The number of carbonyl (C=O) groups is 2. The molecule has 2 N–H and O–H groups in total. The fourth-order valence-corrected chi connectivity index (χ4v) is 2.64. The fraction of sp³-hybridized carbons (Fsp3) is 0.125. The quantitative estimate of drug-likeness (QED) is 0.856. The Bertz CT molecular complexity index is 711. The van der Waals surface area contributed by atoms with Crippen molar-refractivity contribution in [2.75, 3.05) is 16.9 Å². The van der Waals surface area contributed by atoms with E-state index in [0.29, 0.717) is 12.0 Å². The number of hydrogen-bond acceptors (Lipinski definition) is 3. The van der Waals surface area contributed by atoms with Crippen LogP contribution in [0.1, 0.15) is 15.9 Å². The van der Waals surface area contributed by atoms with E-state index < -0.39 is 0 Å². The van der Waals surface area contributed by atoms with Crippen molar-refractivity contribution in [2.45, 2.75) is 11.3 Å². The standard InChI is InChI=1S/C16H14N2O2S/c1-21-13-6-4-12(5-7-13)17-16(20)11-3-2-10-9-15(19)18-14(10)8-11/h2-8H,9H2,1H3,(H,17,20)(H,18,19). The van der Waals surface area contributed by atoms with Crippen LogP contribution in [0.3, 0.4) is 0 Å². The number of anilines is 2. The summed E-state index contributed by atoms with van der Waals surface area (Å²) < 4.78 is 0. The van der Waals surface area contributed by atoms with E-state index in [0.717, 1.165) is 21.8 Å². The van der Waals surface area contributed by atoms with Gasteiger partial charge in [0.25, 0.3) is 5.91 Å². The molecule has 2 amide bonds. The summed E-state index contributed by atoms with van der Waals surface area (Å²) in [5.74, 6) is -0.217. The number of rotatable bonds is 3. The molecule has 5 heteroatoms. The second-order valence-corrected chi connectivity index (χ2v) is 5.66. The summed E-state index contributed by atoms with van der Waals surface area (Å²) in [6.45, 7) is 0. The predicted molar refractivity (Wildman–Crippen MR) is 85.0 cm³/mol. The maximum Gasteiger partial charge on any atom is 0.255 e. The molecule has 21 heavy (non-hydrogen) atoms. The van der Waals surface area contributed by atoms with Crippen molar-refractivity contribution in [3.63, 3.8) is 0 Å². The zero-order valence-electron chi connectivity index (χ0n) is 11.5. The number of benzene rings is 2. The van der Waals surface area contributed by atoms with Crippen molar-refractivity contribution in [3.05, 3.63) is 53.6 Å². The molecule has 106 valence electrons. The first-order valence-electron chi connectivity index (χ1n) is 6.54. The van der Waals surface area contributed by atoms with Gasteiger partial charge in [-0.3, -0.25) is 9.59 Å². The van der Waals surface area contributed by atoms with E-state index in [-0.39, 0.29) is 11.8 Å². The van der Waals surface area contributed by atoms with Gasteiger partial charge in [0, 0.05) is 21.8 Å². The number of hydrogen-bond donors (Lipinski definition) is 2. The highest BCUT2D eigenvalue weighted by molar-refractivity contribution is 7.98. The lowest BCUT2D eigenvalue weighted by Crippen LogP contribution is -2.12. The number of nitrogens with one attached hydrogen (secondary N) is 2. The molecular formula is C16H14N2O2S. The van der Waals surface area contributed by atoms with Gasteiger partial charge in [-0.25, -0.2) is 0 Å². The lowest BCUT2D eigenvalue weighted by atomic mass is 10.1. The van der Waals surface area contributed by atoms with Gasteiger partial charge in [0.2, 0.25) is 5.91 Å². The molecule has 3 rings (SSSR count). The zero-order chi connectivity index (χ0) is 14.8. The molecule has 0 saturated carbocycles. The molecule has 0 fully saturated rings. The summed E-state index contributed by atoms with van der Waals surface area (Å²) in [5.41, 5.74) is 2.94. The highest BCUT2D eigenvalue weighted by atomic mass is 32.2. The van der Waals surface area contributed by atoms with Crippen LogP contribution in [-0.2, 0) is 11.2 Å². The van der Waals surface area contributed by atoms with Crippen LogP contribution >= 0.6 is 11.8 Å². The molecule has 0 saturated heterocycles. The highest BCUT2D eigenvalue weighted by Gasteiger charge is 2.19. The summed E-state index contributed by atoms with van der Waals surface area (Å²) in [6.07, 6.45) is 2.39. The van der Waals surface area contributed by atoms with Gasteiger partial charge in [-0.1, -0.05) is 6.07 Å². The van der Waals surface area contributed by atoms with Gasteiger partial charge in [0.05, 0.1) is 6.42 Å². The number of thioether (sulfide) groups is 1. The van der Waals surface area contributed by atoms with Crippen LogP contribution in [0.25, 0.3) is 0 Å². The minimum absolute atomic E-state index is 0.0322. The van der Waals surface area contributed by atoms with Crippen LogP contribution < -0.4 is 10.6 Å². The number of amides is 2. The molecule has 0 atom stereocenters. The zero-order valence-corrected chi connectivity index (χ0v) is 12.3. The lowest BCUT2D eigenvalue weighted by molar-refractivity contribution is -0.115. The van der Waals surface area contributed by atoms with Gasteiger partial charge in [-0.15, -0.1) is 11.8 Å². The third-order valence-electron chi connectivity index (χ3n) is 3.35. The fourth-order valence-electron chi connectivity index (χ4n) is 2.23. The third kappa shape index (κ3) is 2.92. The summed E-state index contributed by atoms with van der Waals surface area (Å²) in [4.78, 5) is 24.7. The largest absolute Gasteiger partial charge is 0.326 e. The van der Waals surface area contributed by atoms with Crippen molar-refractivity contribution in [3.8, 4) is 0 Å². The molecule has 2 aromatic rings. The van der Waals surface area contributed by atoms with Crippen molar-refractivity contribution >= 4 is 35.0 Å². The smallest absolute Gasteiger partial charge is 0.255 e. The van der Waals surface area contributed by atoms with E-state index in [1.165, 1.54) is 0 Å². The van der Waals surface area contributed by atoms with Crippen LogP contribution in [0.2, 0.25) is 0 Å². The van der Waals surface area contributed by atoms with Crippen LogP contribution in [-0.4, -0.2) is 18.1 Å². The summed E-state index contributed by atoms with van der Waals surface area (Å²) in [6, 6.07) is 12.9. The Hall–Kier alpha value is -2.27. The van der Waals surface area contributed by atoms with Crippen molar-refractivity contribution in [1.29, 1.82) is 0 Å². The van der Waals surface area contributed by atoms with Gasteiger partial charge >= 0.3 is 0 Å². The van der Waals surface area contributed by atoms with Gasteiger partial charge < -0.3 is 10.6 Å². The normalized spacial score (nSPS) is 12.7. The van der Waals surface area contributed by atoms with Crippen molar-refractivity contribution in [1.82, 2.24) is 0 Å². The summed E-state index contributed by atoms with van der Waals surface area (Å²) in [5, 5.41) is 5.60. The Kier molecular flexibility index (Phi) is 3.66. The summed E-state index contributed by atoms with van der Waals surface area (Å²) >= 11 is 1.65. The molecule has 0 bridgehead atoms. The monoisotopic (exact) mass is 298 g/mol. The molecule has 1 aliphatic rings. The van der Waals surface area contributed by atoms with Crippen LogP contribution in [0.4, 0.5) is 11.4 Å². The van der Waals surface area contributed by atoms with Crippen LogP contribution in [0.5, 0.6) is 0 Å². The van der Waals surface area contributed by atoms with E-state index in [1.54, 1.807) is 23.9 Å². The minimum atomic E-state index is -0.184. The molecular weight excluding hydrogens is 284 g/mol. The first-order chi connectivity index (χ1) is 10.2. The molecule has 1 heterocycles. The predicted octanol–water partition coefficient (Wildman–Crippen LogP) is 3.16. The van der Waals surface area contributed by atoms with Gasteiger partial charge in [-0.05, 0) is 48.2 Å². The Morgan fingerprint density at radius 2 is 1.95 bits per heavy atom. The van der Waals surface area contributed by atoms with E-state index >= 15 is 0 Å². The molecule has 1 aliphatic heterocycles. The molecule has 4 nitrogen and oxygen atoms in total. The number of fused-ring (bicyclic) bond motifs is 1. The second-order valence-electron chi connectivity index (χ2n) is 4.78. The second kappa shape index (κ2) is 5.61. The summed E-state index contributed by atoms with van der Waals surface area (Å²) in [7, 11) is 0. The SMILES string of the molecule is CSc1ccc(NC(=O)c2ccc3c(c2)NC(=O)C3)cc1. The van der Waals surface area contributed by atoms with Crippen molar-refractivity contribution in [2.24, 2.45) is 0 Å². The minimum Gasteiger partial charge on any atom is -0.326 e. The molecule has 0 aliphatic carbocycles. The average molecular weight is 298 g/mol. The average Bonchev–Trinajstić information content (AvgIpc) is 2.87. The molecule has 0 unspecified atom stereocenters. The van der Waals surface area contributed by atoms with E-state index in [4.69, 9.17) is 0 Å². The molecule has 0 radical (unpaired) electrons. The number of carbonyl (C=O) groups excluding carboxylic acids is 2. The van der Waals surface area contributed by atoms with E-state index in [1.807, 2.05) is 36.6 Å². The Balaban J connectivity index is 1.76. The first-order valence-corrected chi connectivity index (χ1v) is 7.76. The molecule has 0 spiro atoms. The Morgan fingerprint density at radius 1 is 1.19 bits per heavy atom. The maximum atomic E-state index is 12.2. The van der Waals surface area contributed by atoms with E-state index in [9.17, 15) is 9.59 Å². The van der Waals surface area contributed by atoms with Crippen LogP contribution in [0.15, 0.2) is 47.4 Å². The Labute approximate surface area is 126 Å². The maximum absolute atomic E-state index is 12.2.